The molecule has 0 unspecified atom stereocenters. The van der Waals surface area contributed by atoms with Crippen LogP contribution in [0.15, 0.2) is 18.2 Å². The van der Waals surface area contributed by atoms with Gasteiger partial charge in [0.15, 0.2) is 0 Å². The van der Waals surface area contributed by atoms with Crippen molar-refractivity contribution in [3.05, 3.63) is 23.2 Å². The summed E-state index contributed by atoms with van der Waals surface area (Å²) in [6.45, 7) is 4.88. The maximum absolute atomic E-state index is 6.02. The normalized spacial score (nSPS) is 10.5. The Morgan fingerprint density at radius 3 is 2.67 bits per heavy atom. The summed E-state index contributed by atoms with van der Waals surface area (Å²) in [7, 11) is 0. The second-order valence-electron chi connectivity index (χ2n) is 3.40. The molecule has 0 atom stereocenters. The largest absolute Gasteiger partial charge is 0.492 e. The molecule has 84 valence electrons. The molecule has 0 spiro atoms. The van der Waals surface area contributed by atoms with Gasteiger partial charge in [-0.05, 0) is 26.0 Å². The second kappa shape index (κ2) is 5.83. The molecule has 0 aliphatic carbocycles. The van der Waals surface area contributed by atoms with E-state index in [1.165, 1.54) is 0 Å². The number of rotatable bonds is 5. The summed E-state index contributed by atoms with van der Waals surface area (Å²) in [6.07, 6.45) is 0.110. The van der Waals surface area contributed by atoms with E-state index in [0.717, 1.165) is 0 Å². The van der Waals surface area contributed by atoms with Gasteiger partial charge in [-0.25, -0.2) is 0 Å². The molecule has 3 nitrogen and oxygen atoms in total. The van der Waals surface area contributed by atoms with Gasteiger partial charge in [-0.1, -0.05) is 11.6 Å². The van der Waals surface area contributed by atoms with Gasteiger partial charge in [0.2, 0.25) is 0 Å². The highest BCUT2D eigenvalue weighted by Crippen LogP contribution is 2.29. The number of halogens is 1. The Kier molecular flexibility index (Phi) is 4.72. The van der Waals surface area contributed by atoms with E-state index >= 15 is 0 Å². The van der Waals surface area contributed by atoms with Gasteiger partial charge in [0, 0.05) is 12.6 Å². The molecule has 0 aliphatic heterocycles. The summed E-state index contributed by atoms with van der Waals surface area (Å²) in [5.74, 6) is 1.38. The fourth-order valence-electron chi connectivity index (χ4n) is 1.10. The van der Waals surface area contributed by atoms with Crippen molar-refractivity contribution in [3.63, 3.8) is 0 Å². The molecule has 0 saturated heterocycles. The molecule has 1 aromatic rings. The van der Waals surface area contributed by atoms with Crippen LogP contribution in [0, 0.1) is 0 Å². The van der Waals surface area contributed by atoms with Gasteiger partial charge in [0.25, 0.3) is 0 Å². The first-order valence-electron chi connectivity index (χ1n) is 4.92. The molecular formula is C11H16ClNO2. The zero-order valence-corrected chi connectivity index (χ0v) is 9.75. The molecule has 15 heavy (non-hydrogen) atoms. The highest BCUT2D eigenvalue weighted by Gasteiger charge is 2.05. The Balaban J connectivity index is 2.70. The van der Waals surface area contributed by atoms with E-state index < -0.39 is 0 Å². The minimum absolute atomic E-state index is 0.110. The van der Waals surface area contributed by atoms with Crippen molar-refractivity contribution < 1.29 is 9.47 Å². The smallest absolute Gasteiger partial charge is 0.138 e. The van der Waals surface area contributed by atoms with E-state index in [9.17, 15) is 0 Å². The van der Waals surface area contributed by atoms with Crippen molar-refractivity contribution in [2.45, 2.75) is 20.0 Å². The molecule has 0 radical (unpaired) electrons. The predicted octanol–water partition coefficient (Wildman–Crippen LogP) is 2.46. The summed E-state index contributed by atoms with van der Waals surface area (Å²) in [6, 6.07) is 5.35. The molecule has 4 heteroatoms. The Bertz CT molecular complexity index is 315. The monoisotopic (exact) mass is 229 g/mol. The Hall–Kier alpha value is -0.930. The Morgan fingerprint density at radius 1 is 1.40 bits per heavy atom. The fraction of sp³-hybridized carbons (Fsp3) is 0.455. The standard InChI is InChI=1S/C11H16ClNO2/c1-8(2)15-11-4-3-9(7-10(11)12)14-6-5-13/h3-4,7-8H,5-6,13H2,1-2H3. The Morgan fingerprint density at radius 2 is 2.13 bits per heavy atom. The van der Waals surface area contributed by atoms with E-state index in [1.54, 1.807) is 12.1 Å². The molecule has 0 fully saturated rings. The molecule has 1 rings (SSSR count). The van der Waals surface area contributed by atoms with Crippen molar-refractivity contribution in [1.82, 2.24) is 0 Å². The zero-order valence-electron chi connectivity index (χ0n) is 9.00. The van der Waals surface area contributed by atoms with Gasteiger partial charge >= 0.3 is 0 Å². The van der Waals surface area contributed by atoms with Crippen molar-refractivity contribution in [3.8, 4) is 11.5 Å². The van der Waals surface area contributed by atoms with Gasteiger partial charge in [-0.2, -0.15) is 0 Å². The molecule has 0 aliphatic rings. The SMILES string of the molecule is CC(C)Oc1ccc(OCCN)cc1Cl. The van der Waals surface area contributed by atoms with Crippen molar-refractivity contribution in [2.75, 3.05) is 13.2 Å². The van der Waals surface area contributed by atoms with Crippen LogP contribution in [0.2, 0.25) is 5.02 Å². The molecule has 2 N–H and O–H groups in total. The maximum atomic E-state index is 6.02. The average molecular weight is 230 g/mol. The summed E-state index contributed by atoms with van der Waals surface area (Å²) in [5, 5.41) is 0.554. The lowest BCUT2D eigenvalue weighted by atomic mass is 10.3. The summed E-state index contributed by atoms with van der Waals surface area (Å²) >= 11 is 6.02. The predicted molar refractivity (Wildman–Crippen MR) is 61.8 cm³/mol. The van der Waals surface area contributed by atoms with Gasteiger partial charge in [-0.15, -0.1) is 0 Å². The maximum Gasteiger partial charge on any atom is 0.138 e. The summed E-state index contributed by atoms with van der Waals surface area (Å²) < 4.78 is 10.8. The van der Waals surface area contributed by atoms with E-state index in [2.05, 4.69) is 0 Å². The minimum Gasteiger partial charge on any atom is -0.492 e. The number of ether oxygens (including phenoxy) is 2. The van der Waals surface area contributed by atoms with Gasteiger partial charge < -0.3 is 15.2 Å². The lowest BCUT2D eigenvalue weighted by Gasteiger charge is -2.12. The molecule has 0 aromatic heterocycles. The quantitative estimate of drug-likeness (QED) is 0.844. The third-order valence-electron chi connectivity index (χ3n) is 1.65. The zero-order chi connectivity index (χ0) is 11.3. The summed E-state index contributed by atoms with van der Waals surface area (Å²) in [4.78, 5) is 0. The first-order chi connectivity index (χ1) is 7.13. The van der Waals surface area contributed by atoms with Crippen LogP contribution in [-0.2, 0) is 0 Å². The van der Waals surface area contributed by atoms with Crippen LogP contribution < -0.4 is 15.2 Å². The van der Waals surface area contributed by atoms with Crippen LogP contribution in [-0.4, -0.2) is 19.3 Å². The highest BCUT2D eigenvalue weighted by atomic mass is 35.5. The third-order valence-corrected chi connectivity index (χ3v) is 1.95. The molecule has 0 heterocycles. The van der Waals surface area contributed by atoms with Crippen LogP contribution in [0.25, 0.3) is 0 Å². The van der Waals surface area contributed by atoms with E-state index in [0.29, 0.717) is 29.7 Å². The van der Waals surface area contributed by atoms with Gasteiger partial charge in [0.05, 0.1) is 11.1 Å². The van der Waals surface area contributed by atoms with E-state index in [1.807, 2.05) is 19.9 Å². The first kappa shape index (κ1) is 12.1. The van der Waals surface area contributed by atoms with Gasteiger partial charge in [-0.3, -0.25) is 0 Å². The lowest BCUT2D eigenvalue weighted by molar-refractivity contribution is 0.242. The first-order valence-corrected chi connectivity index (χ1v) is 5.30. The lowest BCUT2D eigenvalue weighted by Crippen LogP contribution is -2.10. The molecule has 0 saturated carbocycles. The number of hydrogen-bond acceptors (Lipinski definition) is 3. The molecule has 0 bridgehead atoms. The van der Waals surface area contributed by atoms with Crippen molar-refractivity contribution in [1.29, 1.82) is 0 Å². The molecule has 0 amide bonds. The minimum atomic E-state index is 0.110. The number of benzene rings is 1. The van der Waals surface area contributed by atoms with Crippen LogP contribution in [0.4, 0.5) is 0 Å². The molecule has 1 aromatic carbocycles. The van der Waals surface area contributed by atoms with Crippen LogP contribution >= 0.6 is 11.6 Å². The second-order valence-corrected chi connectivity index (χ2v) is 3.80. The third kappa shape index (κ3) is 3.98. The number of nitrogens with two attached hydrogens (primary N) is 1. The average Bonchev–Trinajstić information content (AvgIpc) is 2.18. The van der Waals surface area contributed by atoms with Crippen LogP contribution in [0.5, 0.6) is 11.5 Å². The Labute approximate surface area is 95.1 Å². The van der Waals surface area contributed by atoms with E-state index in [4.69, 9.17) is 26.8 Å². The van der Waals surface area contributed by atoms with Crippen LogP contribution in [0.3, 0.4) is 0 Å². The highest BCUT2D eigenvalue weighted by molar-refractivity contribution is 6.32. The van der Waals surface area contributed by atoms with Crippen molar-refractivity contribution >= 4 is 11.6 Å². The molecular weight excluding hydrogens is 214 g/mol. The topological polar surface area (TPSA) is 44.5 Å². The number of hydrogen-bond donors (Lipinski definition) is 1. The fourth-order valence-corrected chi connectivity index (χ4v) is 1.31. The van der Waals surface area contributed by atoms with E-state index in [-0.39, 0.29) is 6.10 Å². The summed E-state index contributed by atoms with van der Waals surface area (Å²) in [5.41, 5.74) is 5.33. The van der Waals surface area contributed by atoms with Gasteiger partial charge in [0.1, 0.15) is 18.1 Å². The van der Waals surface area contributed by atoms with Crippen LogP contribution in [0.1, 0.15) is 13.8 Å². The van der Waals surface area contributed by atoms with Crippen molar-refractivity contribution in [2.24, 2.45) is 5.73 Å².